The Kier molecular flexibility index (Phi) is 4.50. The Morgan fingerprint density at radius 3 is 2.61 bits per heavy atom. The van der Waals surface area contributed by atoms with Crippen molar-refractivity contribution >= 4 is 11.3 Å². The van der Waals surface area contributed by atoms with Crippen LogP contribution in [0, 0.1) is 0 Å². The van der Waals surface area contributed by atoms with Crippen molar-refractivity contribution in [2.75, 3.05) is 13.6 Å². The van der Waals surface area contributed by atoms with Gasteiger partial charge in [-0.05, 0) is 13.5 Å². The van der Waals surface area contributed by atoms with Crippen molar-refractivity contribution in [1.29, 1.82) is 0 Å². The van der Waals surface area contributed by atoms with Gasteiger partial charge in [0.05, 0.1) is 10.7 Å². The highest BCUT2D eigenvalue weighted by molar-refractivity contribution is 7.12. The van der Waals surface area contributed by atoms with E-state index >= 15 is 0 Å². The molecule has 1 unspecified atom stereocenters. The fraction of sp³-hybridized carbons (Fsp3) is 0.400. The number of nitrogens with zero attached hydrogens (tertiary/aromatic N) is 1. The van der Waals surface area contributed by atoms with Crippen LogP contribution in [0.1, 0.15) is 29.7 Å². The van der Waals surface area contributed by atoms with Gasteiger partial charge in [0.15, 0.2) is 0 Å². The zero-order chi connectivity index (χ0) is 13.0. The minimum absolute atomic E-state index is 0.475. The third-order valence-corrected chi connectivity index (χ3v) is 4.45. The largest absolute Gasteiger partial charge is 0.319 e. The Hall–Kier alpha value is -1.19. The molecule has 3 heteroatoms. The maximum absolute atomic E-state index is 4.85. The molecular formula is C15H20N2S. The van der Waals surface area contributed by atoms with E-state index in [1.54, 1.807) is 0 Å². The average Bonchev–Trinajstić information content (AvgIpc) is 2.84. The van der Waals surface area contributed by atoms with Crippen LogP contribution < -0.4 is 5.32 Å². The second-order valence-corrected chi connectivity index (χ2v) is 5.62. The highest BCUT2D eigenvalue weighted by atomic mass is 32.1. The molecule has 0 saturated heterocycles. The van der Waals surface area contributed by atoms with Gasteiger partial charge in [0.1, 0.15) is 0 Å². The number of nitrogens with one attached hydrogen (secondary N) is 1. The van der Waals surface area contributed by atoms with E-state index in [9.17, 15) is 0 Å². The van der Waals surface area contributed by atoms with Crippen LogP contribution in [0.3, 0.4) is 0 Å². The molecule has 0 saturated carbocycles. The Morgan fingerprint density at radius 1 is 1.28 bits per heavy atom. The molecule has 0 amide bonds. The van der Waals surface area contributed by atoms with E-state index in [1.807, 2.05) is 24.5 Å². The Morgan fingerprint density at radius 2 is 2.00 bits per heavy atom. The first kappa shape index (κ1) is 13.2. The normalized spacial score (nSPS) is 12.6. The first-order chi connectivity index (χ1) is 8.76. The molecule has 0 aliphatic rings. The van der Waals surface area contributed by atoms with Crippen LogP contribution in [0.2, 0.25) is 0 Å². The van der Waals surface area contributed by atoms with Crippen LogP contribution in [0.15, 0.2) is 30.3 Å². The summed E-state index contributed by atoms with van der Waals surface area (Å²) in [6.07, 6.45) is 1.05. The van der Waals surface area contributed by atoms with Gasteiger partial charge in [-0.15, -0.1) is 11.3 Å². The van der Waals surface area contributed by atoms with E-state index in [0.29, 0.717) is 5.92 Å². The Balaban J connectivity index is 2.36. The number of hydrogen-bond donors (Lipinski definition) is 1. The van der Waals surface area contributed by atoms with E-state index in [0.717, 1.165) is 13.0 Å². The molecule has 1 N–H and O–H groups in total. The fourth-order valence-electron chi connectivity index (χ4n) is 2.04. The van der Waals surface area contributed by atoms with Crippen LogP contribution in [-0.4, -0.2) is 18.6 Å². The molecule has 1 atom stereocenters. The quantitative estimate of drug-likeness (QED) is 0.886. The van der Waals surface area contributed by atoms with Gasteiger partial charge in [-0.25, -0.2) is 4.98 Å². The molecule has 1 aromatic heterocycles. The Labute approximate surface area is 113 Å². The summed E-state index contributed by atoms with van der Waals surface area (Å²) < 4.78 is 0. The number of thiazole rings is 1. The molecule has 2 nitrogen and oxygen atoms in total. The number of aryl methyl sites for hydroxylation is 1. The second-order valence-electron chi connectivity index (χ2n) is 4.50. The van der Waals surface area contributed by atoms with E-state index in [-0.39, 0.29) is 0 Å². The number of benzene rings is 1. The van der Waals surface area contributed by atoms with Crippen molar-refractivity contribution in [3.63, 3.8) is 0 Å². The van der Waals surface area contributed by atoms with Gasteiger partial charge in [0.2, 0.25) is 0 Å². The van der Waals surface area contributed by atoms with Gasteiger partial charge in [-0.3, -0.25) is 0 Å². The third-order valence-electron chi connectivity index (χ3n) is 3.01. The number of rotatable bonds is 5. The summed E-state index contributed by atoms with van der Waals surface area (Å²) in [4.78, 5) is 6.24. The van der Waals surface area contributed by atoms with Crippen LogP contribution in [0.25, 0.3) is 11.3 Å². The lowest BCUT2D eigenvalue weighted by molar-refractivity contribution is 0.674. The molecule has 1 aromatic carbocycles. The number of likely N-dealkylation sites (N-methyl/N-ethyl adjacent to an activating group) is 1. The first-order valence-electron chi connectivity index (χ1n) is 6.45. The smallest absolute Gasteiger partial charge is 0.0976 e. The lowest BCUT2D eigenvalue weighted by atomic mass is 10.1. The molecule has 2 rings (SSSR count). The fourth-order valence-corrected chi connectivity index (χ4v) is 3.11. The average molecular weight is 260 g/mol. The van der Waals surface area contributed by atoms with Gasteiger partial charge in [0.25, 0.3) is 0 Å². The van der Waals surface area contributed by atoms with Crippen LogP contribution >= 0.6 is 11.3 Å². The first-order valence-corrected chi connectivity index (χ1v) is 7.27. The van der Waals surface area contributed by atoms with Gasteiger partial charge < -0.3 is 5.32 Å². The zero-order valence-electron chi connectivity index (χ0n) is 11.2. The number of hydrogen-bond acceptors (Lipinski definition) is 3. The molecule has 96 valence electrons. The van der Waals surface area contributed by atoms with Crippen LogP contribution in [0.4, 0.5) is 0 Å². The summed E-state index contributed by atoms with van der Waals surface area (Å²) in [5.41, 5.74) is 2.40. The summed E-state index contributed by atoms with van der Waals surface area (Å²) in [6, 6.07) is 10.5. The Bertz CT molecular complexity index is 490. The van der Waals surface area contributed by atoms with Gasteiger partial charge in [-0.2, -0.15) is 0 Å². The molecular weight excluding hydrogens is 240 g/mol. The van der Waals surface area contributed by atoms with Crippen LogP contribution in [0.5, 0.6) is 0 Å². The molecule has 2 aromatic rings. The maximum Gasteiger partial charge on any atom is 0.0976 e. The summed E-state index contributed by atoms with van der Waals surface area (Å²) in [5, 5.41) is 4.46. The molecule has 0 radical (unpaired) electrons. The molecule has 18 heavy (non-hydrogen) atoms. The summed E-state index contributed by atoms with van der Waals surface area (Å²) in [6.45, 7) is 5.40. The SMILES string of the molecule is CCc1sc(C(C)CNC)nc1-c1ccccc1. The lowest BCUT2D eigenvalue weighted by Crippen LogP contribution is -2.14. The molecule has 0 spiro atoms. The zero-order valence-corrected chi connectivity index (χ0v) is 12.1. The summed E-state index contributed by atoms with van der Waals surface area (Å²) in [5.74, 6) is 0.475. The minimum atomic E-state index is 0.475. The molecule has 0 fully saturated rings. The van der Waals surface area contributed by atoms with Crippen molar-refractivity contribution < 1.29 is 0 Å². The van der Waals surface area contributed by atoms with Crippen molar-refractivity contribution in [2.45, 2.75) is 26.2 Å². The molecule has 1 heterocycles. The standard InChI is InChI=1S/C15H20N2S/c1-4-13-14(12-8-6-5-7-9-12)17-15(18-13)11(2)10-16-3/h5-9,11,16H,4,10H2,1-3H3. The van der Waals surface area contributed by atoms with E-state index in [1.165, 1.54) is 21.1 Å². The summed E-state index contributed by atoms with van der Waals surface area (Å²) in [7, 11) is 1.99. The van der Waals surface area contributed by atoms with E-state index in [4.69, 9.17) is 4.98 Å². The van der Waals surface area contributed by atoms with Crippen molar-refractivity contribution in [2.24, 2.45) is 0 Å². The van der Waals surface area contributed by atoms with Gasteiger partial charge in [-0.1, -0.05) is 44.2 Å². The van der Waals surface area contributed by atoms with Crippen molar-refractivity contribution in [3.05, 3.63) is 40.2 Å². The third kappa shape index (κ3) is 2.79. The van der Waals surface area contributed by atoms with E-state index in [2.05, 4.69) is 43.4 Å². The highest BCUT2D eigenvalue weighted by Crippen LogP contribution is 2.31. The van der Waals surface area contributed by atoms with E-state index < -0.39 is 0 Å². The van der Waals surface area contributed by atoms with Crippen molar-refractivity contribution in [1.82, 2.24) is 10.3 Å². The van der Waals surface area contributed by atoms with Crippen LogP contribution in [-0.2, 0) is 6.42 Å². The highest BCUT2D eigenvalue weighted by Gasteiger charge is 2.15. The monoisotopic (exact) mass is 260 g/mol. The topological polar surface area (TPSA) is 24.9 Å². The van der Waals surface area contributed by atoms with Gasteiger partial charge in [0, 0.05) is 22.9 Å². The number of aromatic nitrogens is 1. The maximum atomic E-state index is 4.85. The minimum Gasteiger partial charge on any atom is -0.319 e. The summed E-state index contributed by atoms with van der Waals surface area (Å²) >= 11 is 1.85. The molecule has 0 bridgehead atoms. The molecule has 0 aliphatic carbocycles. The van der Waals surface area contributed by atoms with Crippen molar-refractivity contribution in [3.8, 4) is 11.3 Å². The van der Waals surface area contributed by atoms with Gasteiger partial charge >= 0.3 is 0 Å². The molecule has 0 aliphatic heterocycles. The predicted octanol–water partition coefficient (Wildman–Crippen LogP) is 3.70. The second kappa shape index (κ2) is 6.12. The lowest BCUT2D eigenvalue weighted by Gasteiger charge is -2.05. The predicted molar refractivity (Wildman–Crippen MR) is 79.3 cm³/mol.